The number of carbonyl (C=O) groups is 1. The Kier molecular flexibility index (Phi) is 4.24. The van der Waals surface area contributed by atoms with E-state index in [2.05, 4.69) is 10.3 Å². The number of pyridine rings is 1. The van der Waals surface area contributed by atoms with Gasteiger partial charge in [0.2, 0.25) is 0 Å². The summed E-state index contributed by atoms with van der Waals surface area (Å²) in [5, 5.41) is 2.39. The molecule has 1 amide bonds. The molecule has 0 aliphatic rings. The van der Waals surface area contributed by atoms with Gasteiger partial charge < -0.3 is 5.32 Å². The SMILES string of the molecule is CCc1nc2c(C)cccn2c1C(=O)Nc1ccccc1C(F)(F)F. The first-order valence-corrected chi connectivity index (χ1v) is 7.77. The van der Waals surface area contributed by atoms with Crippen LogP contribution in [-0.4, -0.2) is 15.3 Å². The van der Waals surface area contributed by atoms with Crippen molar-refractivity contribution in [3.8, 4) is 0 Å². The summed E-state index contributed by atoms with van der Waals surface area (Å²) < 4.78 is 41.0. The smallest absolute Gasteiger partial charge is 0.320 e. The van der Waals surface area contributed by atoms with Crippen LogP contribution in [-0.2, 0) is 12.6 Å². The molecular formula is C18H16F3N3O. The van der Waals surface area contributed by atoms with Gasteiger partial charge in [0, 0.05) is 6.20 Å². The average Bonchev–Trinajstić information content (AvgIpc) is 2.94. The molecule has 0 aliphatic carbocycles. The van der Waals surface area contributed by atoms with Gasteiger partial charge in [-0.2, -0.15) is 13.2 Å². The van der Waals surface area contributed by atoms with Gasteiger partial charge in [0.1, 0.15) is 11.3 Å². The van der Waals surface area contributed by atoms with Gasteiger partial charge >= 0.3 is 6.18 Å². The fraction of sp³-hybridized carbons (Fsp3) is 0.222. The van der Waals surface area contributed by atoms with Crippen LogP contribution < -0.4 is 5.32 Å². The van der Waals surface area contributed by atoms with Crippen molar-refractivity contribution in [1.29, 1.82) is 0 Å². The topological polar surface area (TPSA) is 46.4 Å². The zero-order chi connectivity index (χ0) is 18.2. The highest BCUT2D eigenvalue weighted by atomic mass is 19.4. The summed E-state index contributed by atoms with van der Waals surface area (Å²) in [6.07, 6.45) is -2.38. The van der Waals surface area contributed by atoms with Crippen LogP contribution in [0.3, 0.4) is 0 Å². The molecular weight excluding hydrogens is 331 g/mol. The summed E-state index contributed by atoms with van der Waals surface area (Å²) in [6, 6.07) is 8.54. The summed E-state index contributed by atoms with van der Waals surface area (Å²) in [5.41, 5.74) is 1.13. The van der Waals surface area contributed by atoms with Gasteiger partial charge in [-0.1, -0.05) is 25.1 Å². The minimum absolute atomic E-state index is 0.248. The summed E-state index contributed by atoms with van der Waals surface area (Å²) in [7, 11) is 0. The minimum Gasteiger partial charge on any atom is -0.320 e. The van der Waals surface area contributed by atoms with E-state index in [0.29, 0.717) is 17.8 Å². The average molecular weight is 347 g/mol. The fourth-order valence-electron chi connectivity index (χ4n) is 2.76. The van der Waals surface area contributed by atoms with Crippen LogP contribution >= 0.6 is 0 Å². The quantitative estimate of drug-likeness (QED) is 0.759. The number of benzene rings is 1. The largest absolute Gasteiger partial charge is 0.418 e. The molecule has 25 heavy (non-hydrogen) atoms. The monoisotopic (exact) mass is 347 g/mol. The van der Waals surface area contributed by atoms with E-state index in [-0.39, 0.29) is 11.4 Å². The number of nitrogens with zero attached hydrogens (tertiary/aromatic N) is 2. The first-order chi connectivity index (χ1) is 11.8. The molecule has 2 heterocycles. The Hall–Kier alpha value is -2.83. The van der Waals surface area contributed by atoms with Crippen molar-refractivity contribution in [2.75, 3.05) is 5.32 Å². The number of imidazole rings is 1. The molecule has 0 bridgehead atoms. The first kappa shape index (κ1) is 17.0. The molecule has 0 aliphatic heterocycles. The molecule has 0 unspecified atom stereocenters. The number of para-hydroxylation sites is 1. The van der Waals surface area contributed by atoms with Crippen LogP contribution in [0.1, 0.15) is 34.2 Å². The van der Waals surface area contributed by atoms with Crippen LogP contribution in [0.25, 0.3) is 5.65 Å². The van der Waals surface area contributed by atoms with Crippen LogP contribution in [0.15, 0.2) is 42.6 Å². The number of alkyl halides is 3. The predicted octanol–water partition coefficient (Wildman–Crippen LogP) is 4.48. The summed E-state index contributed by atoms with van der Waals surface area (Å²) in [4.78, 5) is 17.2. The van der Waals surface area contributed by atoms with Gasteiger partial charge in [-0.05, 0) is 37.1 Å². The van der Waals surface area contributed by atoms with Crippen molar-refractivity contribution in [1.82, 2.24) is 9.38 Å². The van der Waals surface area contributed by atoms with E-state index in [1.807, 2.05) is 19.9 Å². The lowest BCUT2D eigenvalue weighted by Crippen LogP contribution is -2.19. The van der Waals surface area contributed by atoms with E-state index in [0.717, 1.165) is 11.6 Å². The number of fused-ring (bicyclic) bond motifs is 1. The maximum absolute atomic E-state index is 13.1. The zero-order valence-electron chi connectivity index (χ0n) is 13.7. The molecule has 130 valence electrons. The lowest BCUT2D eigenvalue weighted by atomic mass is 10.1. The molecule has 7 heteroatoms. The highest BCUT2D eigenvalue weighted by molar-refractivity contribution is 6.05. The molecule has 4 nitrogen and oxygen atoms in total. The van der Waals surface area contributed by atoms with Crippen LogP contribution in [0, 0.1) is 6.92 Å². The molecule has 1 aromatic carbocycles. The highest BCUT2D eigenvalue weighted by Gasteiger charge is 2.34. The first-order valence-electron chi connectivity index (χ1n) is 7.77. The van der Waals surface area contributed by atoms with Crippen LogP contribution in [0.5, 0.6) is 0 Å². The lowest BCUT2D eigenvalue weighted by Gasteiger charge is -2.13. The fourth-order valence-corrected chi connectivity index (χ4v) is 2.76. The van der Waals surface area contributed by atoms with Gasteiger partial charge in [-0.25, -0.2) is 4.98 Å². The Balaban J connectivity index is 2.06. The van der Waals surface area contributed by atoms with E-state index >= 15 is 0 Å². The van der Waals surface area contributed by atoms with Gasteiger partial charge in [-0.15, -0.1) is 0 Å². The van der Waals surface area contributed by atoms with Crippen molar-refractivity contribution in [2.24, 2.45) is 0 Å². The Morgan fingerprint density at radius 3 is 2.60 bits per heavy atom. The number of aryl methyl sites for hydroxylation is 2. The Morgan fingerprint density at radius 2 is 1.92 bits per heavy atom. The molecule has 0 saturated carbocycles. The van der Waals surface area contributed by atoms with E-state index < -0.39 is 17.6 Å². The van der Waals surface area contributed by atoms with E-state index in [1.165, 1.54) is 18.2 Å². The molecule has 0 atom stereocenters. The van der Waals surface area contributed by atoms with E-state index in [4.69, 9.17) is 0 Å². The Bertz CT molecular complexity index is 944. The van der Waals surface area contributed by atoms with Gasteiger partial charge in [0.15, 0.2) is 0 Å². The van der Waals surface area contributed by atoms with Gasteiger partial charge in [0.25, 0.3) is 5.91 Å². The molecule has 0 saturated heterocycles. The number of hydrogen-bond acceptors (Lipinski definition) is 2. The van der Waals surface area contributed by atoms with Crippen LogP contribution in [0.2, 0.25) is 0 Å². The second kappa shape index (κ2) is 6.23. The molecule has 3 aromatic rings. The second-order valence-corrected chi connectivity index (χ2v) is 5.64. The van der Waals surface area contributed by atoms with E-state index in [1.54, 1.807) is 16.7 Å². The molecule has 3 rings (SSSR count). The third-order valence-corrected chi connectivity index (χ3v) is 3.95. The van der Waals surface area contributed by atoms with Crippen molar-refractivity contribution in [3.05, 3.63) is 65.1 Å². The third-order valence-electron chi connectivity index (χ3n) is 3.95. The van der Waals surface area contributed by atoms with Crippen molar-refractivity contribution in [3.63, 3.8) is 0 Å². The number of hydrogen-bond donors (Lipinski definition) is 1. The number of halogens is 3. The third kappa shape index (κ3) is 3.09. The molecule has 0 spiro atoms. The van der Waals surface area contributed by atoms with E-state index in [9.17, 15) is 18.0 Å². The maximum atomic E-state index is 13.1. The number of amides is 1. The minimum atomic E-state index is -4.55. The molecule has 0 radical (unpaired) electrons. The summed E-state index contributed by atoms with van der Waals surface area (Å²) >= 11 is 0. The van der Waals surface area contributed by atoms with Crippen molar-refractivity contribution < 1.29 is 18.0 Å². The summed E-state index contributed by atoms with van der Waals surface area (Å²) in [6.45, 7) is 3.71. The standard InChI is InChI=1S/C18H16F3N3O/c1-3-13-15(24-10-6-7-11(2)16(24)22-13)17(25)23-14-9-5-4-8-12(14)18(19,20)21/h4-10H,3H2,1-2H3,(H,23,25). The number of carbonyl (C=O) groups excluding carboxylic acids is 1. The van der Waals surface area contributed by atoms with Crippen molar-refractivity contribution in [2.45, 2.75) is 26.4 Å². The zero-order valence-corrected chi connectivity index (χ0v) is 13.7. The Labute approximate surface area is 142 Å². The summed E-state index contributed by atoms with van der Waals surface area (Å²) in [5.74, 6) is -0.619. The Morgan fingerprint density at radius 1 is 1.20 bits per heavy atom. The predicted molar refractivity (Wildman–Crippen MR) is 88.7 cm³/mol. The molecule has 2 aromatic heterocycles. The van der Waals surface area contributed by atoms with Gasteiger partial charge in [-0.3, -0.25) is 9.20 Å². The number of anilines is 1. The molecule has 0 fully saturated rings. The number of nitrogens with one attached hydrogen (secondary N) is 1. The normalized spacial score (nSPS) is 11.7. The van der Waals surface area contributed by atoms with Crippen molar-refractivity contribution >= 4 is 17.2 Å². The lowest BCUT2D eigenvalue weighted by molar-refractivity contribution is -0.136. The highest BCUT2D eigenvalue weighted by Crippen LogP contribution is 2.34. The molecule has 1 N–H and O–H groups in total. The second-order valence-electron chi connectivity index (χ2n) is 5.64. The maximum Gasteiger partial charge on any atom is 0.418 e. The van der Waals surface area contributed by atoms with Crippen LogP contribution in [0.4, 0.5) is 18.9 Å². The number of rotatable bonds is 3. The van der Waals surface area contributed by atoms with Gasteiger partial charge in [0.05, 0.1) is 16.9 Å². The number of aromatic nitrogens is 2.